The van der Waals surface area contributed by atoms with Crippen LogP contribution in [0, 0.1) is 24.2 Å². The lowest BCUT2D eigenvalue weighted by atomic mass is 9.93. The highest BCUT2D eigenvalue weighted by molar-refractivity contribution is 6.31. The average Bonchev–Trinajstić information content (AvgIpc) is 2.23. The molecule has 1 aliphatic heterocycles. The molecule has 0 aliphatic carbocycles. The summed E-state index contributed by atoms with van der Waals surface area (Å²) in [7, 11) is 0. The van der Waals surface area contributed by atoms with Crippen LogP contribution in [0.3, 0.4) is 0 Å². The monoisotopic (exact) mass is 206 g/mol. The molecule has 1 aromatic carbocycles. The molecule has 0 radical (unpaired) electrons. The lowest BCUT2D eigenvalue weighted by Gasteiger charge is -2.23. The molecule has 0 aromatic heterocycles. The summed E-state index contributed by atoms with van der Waals surface area (Å²) in [6.07, 6.45) is 0.830. The van der Waals surface area contributed by atoms with E-state index >= 15 is 0 Å². The van der Waals surface area contributed by atoms with E-state index in [0.29, 0.717) is 0 Å². The first-order valence-electron chi connectivity index (χ1n) is 4.64. The minimum absolute atomic E-state index is 0.0862. The lowest BCUT2D eigenvalue weighted by Crippen LogP contribution is -2.22. The Kier molecular flexibility index (Phi) is 2.35. The van der Waals surface area contributed by atoms with Crippen molar-refractivity contribution >= 4 is 17.3 Å². The number of rotatable bonds is 0. The first-order chi connectivity index (χ1) is 6.72. The van der Waals surface area contributed by atoms with Crippen LogP contribution in [0.2, 0.25) is 5.02 Å². The van der Waals surface area contributed by atoms with Crippen LogP contribution in [0.4, 0.5) is 5.69 Å². The maximum Gasteiger partial charge on any atom is 0.0677 e. The van der Waals surface area contributed by atoms with Gasteiger partial charge in [-0.3, -0.25) is 0 Å². The highest BCUT2D eigenvalue weighted by Gasteiger charge is 2.19. The smallest absolute Gasteiger partial charge is 0.0677 e. The summed E-state index contributed by atoms with van der Waals surface area (Å²) < 4.78 is 0. The van der Waals surface area contributed by atoms with Crippen molar-refractivity contribution in [3.8, 4) is 6.07 Å². The van der Waals surface area contributed by atoms with Crippen molar-refractivity contribution in [1.29, 1.82) is 5.26 Å². The Bertz CT molecular complexity index is 406. The van der Waals surface area contributed by atoms with Gasteiger partial charge in [-0.1, -0.05) is 17.7 Å². The summed E-state index contributed by atoms with van der Waals surface area (Å²) in [4.78, 5) is 0. The van der Waals surface area contributed by atoms with Gasteiger partial charge in [-0.15, -0.1) is 0 Å². The van der Waals surface area contributed by atoms with Crippen molar-refractivity contribution in [2.24, 2.45) is 5.92 Å². The lowest BCUT2D eigenvalue weighted by molar-refractivity contribution is 0.673. The molecule has 2 rings (SSSR count). The van der Waals surface area contributed by atoms with Gasteiger partial charge in [-0.25, -0.2) is 0 Å². The summed E-state index contributed by atoms with van der Waals surface area (Å²) in [6.45, 7) is 2.73. The molecule has 0 saturated carbocycles. The number of hydrogen-bond acceptors (Lipinski definition) is 2. The first-order valence-corrected chi connectivity index (χ1v) is 5.01. The van der Waals surface area contributed by atoms with E-state index < -0.39 is 0 Å². The molecule has 1 aliphatic rings. The first kappa shape index (κ1) is 9.36. The topological polar surface area (TPSA) is 35.8 Å². The third-order valence-electron chi connectivity index (χ3n) is 2.66. The van der Waals surface area contributed by atoms with Gasteiger partial charge < -0.3 is 5.32 Å². The number of halogens is 1. The van der Waals surface area contributed by atoms with Crippen LogP contribution in [0.1, 0.15) is 11.1 Å². The Balaban J connectivity index is 2.42. The van der Waals surface area contributed by atoms with Gasteiger partial charge in [0.1, 0.15) is 0 Å². The van der Waals surface area contributed by atoms with Crippen LogP contribution < -0.4 is 5.32 Å². The fourth-order valence-corrected chi connectivity index (χ4v) is 1.97. The van der Waals surface area contributed by atoms with Gasteiger partial charge in [-0.05, 0) is 30.5 Å². The van der Waals surface area contributed by atoms with E-state index in [4.69, 9.17) is 16.9 Å². The molecule has 1 aromatic rings. The molecule has 1 unspecified atom stereocenters. The Morgan fingerprint density at radius 3 is 3.07 bits per heavy atom. The quantitative estimate of drug-likeness (QED) is 0.709. The molecule has 0 fully saturated rings. The summed E-state index contributed by atoms with van der Waals surface area (Å²) in [6, 6.07) is 6.18. The Morgan fingerprint density at radius 1 is 1.57 bits per heavy atom. The standard InChI is InChI=1S/C11H11ClN2/c1-7-10(12)3-2-9-4-8(5-13)6-14-11(7)9/h2-3,8,14H,4,6H2,1H3. The van der Waals surface area contributed by atoms with E-state index in [1.807, 2.05) is 19.1 Å². The summed E-state index contributed by atoms with van der Waals surface area (Å²) in [5, 5.41) is 12.9. The number of nitriles is 1. The number of fused-ring (bicyclic) bond motifs is 1. The molecule has 0 amide bonds. The number of benzene rings is 1. The van der Waals surface area contributed by atoms with E-state index in [-0.39, 0.29) is 5.92 Å². The highest BCUT2D eigenvalue weighted by Crippen LogP contribution is 2.31. The molecule has 1 N–H and O–H groups in total. The molecular weight excluding hydrogens is 196 g/mol. The van der Waals surface area contributed by atoms with Crippen molar-refractivity contribution in [3.63, 3.8) is 0 Å². The predicted octanol–water partition coefficient (Wildman–Crippen LogP) is 2.76. The van der Waals surface area contributed by atoms with Gasteiger partial charge in [0.25, 0.3) is 0 Å². The number of hydrogen-bond donors (Lipinski definition) is 1. The van der Waals surface area contributed by atoms with E-state index in [9.17, 15) is 0 Å². The molecule has 3 heteroatoms. The van der Waals surface area contributed by atoms with E-state index in [1.165, 1.54) is 5.56 Å². The van der Waals surface area contributed by atoms with Gasteiger partial charge in [0.2, 0.25) is 0 Å². The molecule has 1 heterocycles. The van der Waals surface area contributed by atoms with Crippen LogP contribution in [-0.4, -0.2) is 6.54 Å². The zero-order valence-corrected chi connectivity index (χ0v) is 8.73. The van der Waals surface area contributed by atoms with Gasteiger partial charge >= 0.3 is 0 Å². The summed E-state index contributed by atoms with van der Waals surface area (Å²) >= 11 is 6.01. The van der Waals surface area contributed by atoms with Crippen LogP contribution >= 0.6 is 11.6 Å². The second-order valence-electron chi connectivity index (χ2n) is 3.62. The third kappa shape index (κ3) is 1.44. The number of nitrogens with one attached hydrogen (secondary N) is 1. The van der Waals surface area contributed by atoms with Gasteiger partial charge in [0.05, 0.1) is 12.0 Å². The molecule has 2 nitrogen and oxygen atoms in total. The summed E-state index contributed by atoms with van der Waals surface area (Å²) in [5.74, 6) is 0.0862. The van der Waals surface area contributed by atoms with Crippen molar-refractivity contribution in [2.45, 2.75) is 13.3 Å². The summed E-state index contributed by atoms with van der Waals surface area (Å²) in [5.41, 5.74) is 3.40. The average molecular weight is 207 g/mol. The molecule has 0 saturated heterocycles. The van der Waals surface area contributed by atoms with Crippen LogP contribution in [0.5, 0.6) is 0 Å². The molecule has 0 bridgehead atoms. The van der Waals surface area contributed by atoms with Crippen molar-refractivity contribution in [2.75, 3.05) is 11.9 Å². The second kappa shape index (κ2) is 3.51. The molecule has 1 atom stereocenters. The van der Waals surface area contributed by atoms with Crippen molar-refractivity contribution in [1.82, 2.24) is 0 Å². The molecule has 0 spiro atoms. The predicted molar refractivity (Wildman–Crippen MR) is 57.5 cm³/mol. The zero-order valence-electron chi connectivity index (χ0n) is 7.97. The Labute approximate surface area is 88.5 Å². The molecule has 72 valence electrons. The Hall–Kier alpha value is -1.20. The number of nitrogens with zero attached hydrogens (tertiary/aromatic N) is 1. The van der Waals surface area contributed by atoms with Gasteiger partial charge in [0, 0.05) is 17.3 Å². The second-order valence-corrected chi connectivity index (χ2v) is 4.02. The van der Waals surface area contributed by atoms with E-state index in [0.717, 1.165) is 29.2 Å². The van der Waals surface area contributed by atoms with E-state index in [2.05, 4.69) is 11.4 Å². The Morgan fingerprint density at radius 2 is 2.36 bits per heavy atom. The minimum atomic E-state index is 0.0862. The largest absolute Gasteiger partial charge is 0.383 e. The SMILES string of the molecule is Cc1c(Cl)ccc2c1NCC(C#N)C2. The molecular formula is C11H11ClN2. The van der Waals surface area contributed by atoms with Crippen molar-refractivity contribution < 1.29 is 0 Å². The normalized spacial score (nSPS) is 19.4. The number of anilines is 1. The maximum atomic E-state index is 8.82. The highest BCUT2D eigenvalue weighted by atomic mass is 35.5. The minimum Gasteiger partial charge on any atom is -0.383 e. The zero-order chi connectivity index (χ0) is 10.1. The van der Waals surface area contributed by atoms with E-state index in [1.54, 1.807) is 0 Å². The van der Waals surface area contributed by atoms with Gasteiger partial charge in [0.15, 0.2) is 0 Å². The van der Waals surface area contributed by atoms with Crippen LogP contribution in [-0.2, 0) is 6.42 Å². The maximum absolute atomic E-state index is 8.82. The van der Waals surface area contributed by atoms with Crippen molar-refractivity contribution in [3.05, 3.63) is 28.3 Å². The van der Waals surface area contributed by atoms with Crippen LogP contribution in [0.25, 0.3) is 0 Å². The fourth-order valence-electron chi connectivity index (χ4n) is 1.81. The van der Waals surface area contributed by atoms with Crippen LogP contribution in [0.15, 0.2) is 12.1 Å². The molecule has 14 heavy (non-hydrogen) atoms. The fraction of sp³-hybridized carbons (Fsp3) is 0.364. The van der Waals surface area contributed by atoms with Gasteiger partial charge in [-0.2, -0.15) is 5.26 Å². The third-order valence-corrected chi connectivity index (χ3v) is 3.07.